The second-order valence-corrected chi connectivity index (χ2v) is 5.02. The smallest absolute Gasteiger partial charge is 0.286 e. The summed E-state index contributed by atoms with van der Waals surface area (Å²) >= 11 is 0. The lowest BCUT2D eigenvalue weighted by Crippen LogP contribution is -2.50. The number of hydrogen-bond donors (Lipinski definition) is 1. The van der Waals surface area contributed by atoms with Crippen molar-refractivity contribution in [3.05, 3.63) is 24.2 Å². The van der Waals surface area contributed by atoms with Crippen molar-refractivity contribution in [2.75, 3.05) is 19.7 Å². The van der Waals surface area contributed by atoms with Crippen LogP contribution in [0.5, 0.6) is 0 Å². The first-order valence-electron chi connectivity index (χ1n) is 6.80. The molecular weight excluding hydrogens is 260 g/mol. The number of furan rings is 1. The van der Waals surface area contributed by atoms with E-state index in [1.807, 2.05) is 18.7 Å². The van der Waals surface area contributed by atoms with Gasteiger partial charge in [0.05, 0.1) is 25.0 Å². The van der Waals surface area contributed by atoms with Gasteiger partial charge in [0.2, 0.25) is 5.91 Å². The molecule has 0 saturated carbocycles. The normalized spacial score (nSPS) is 22.6. The monoisotopic (exact) mass is 280 g/mol. The van der Waals surface area contributed by atoms with Crippen LogP contribution >= 0.6 is 0 Å². The maximum atomic E-state index is 12.1. The van der Waals surface area contributed by atoms with E-state index in [2.05, 4.69) is 5.32 Å². The van der Waals surface area contributed by atoms with Gasteiger partial charge in [-0.3, -0.25) is 9.59 Å². The number of carbonyl (C=O) groups excluding carboxylic acids is 2. The highest BCUT2D eigenvalue weighted by Crippen LogP contribution is 2.12. The number of ether oxygens (including phenoxy) is 1. The summed E-state index contributed by atoms with van der Waals surface area (Å²) in [5, 5.41) is 2.67. The number of carbonyl (C=O) groups is 2. The fourth-order valence-electron chi connectivity index (χ4n) is 2.17. The summed E-state index contributed by atoms with van der Waals surface area (Å²) in [5.41, 5.74) is 0. The molecule has 6 heteroatoms. The highest BCUT2D eigenvalue weighted by atomic mass is 16.5. The van der Waals surface area contributed by atoms with Crippen molar-refractivity contribution < 1.29 is 18.7 Å². The van der Waals surface area contributed by atoms with Crippen molar-refractivity contribution >= 4 is 11.8 Å². The molecule has 0 radical (unpaired) electrons. The van der Waals surface area contributed by atoms with Crippen LogP contribution < -0.4 is 5.32 Å². The van der Waals surface area contributed by atoms with Gasteiger partial charge >= 0.3 is 0 Å². The molecule has 1 aliphatic heterocycles. The first kappa shape index (κ1) is 14.6. The molecule has 6 nitrogen and oxygen atoms in total. The minimum Gasteiger partial charge on any atom is -0.459 e. The fourth-order valence-corrected chi connectivity index (χ4v) is 2.17. The quantitative estimate of drug-likeness (QED) is 0.894. The molecule has 1 saturated heterocycles. The number of morpholine rings is 1. The number of rotatable bonds is 4. The van der Waals surface area contributed by atoms with Gasteiger partial charge in [-0.1, -0.05) is 0 Å². The van der Waals surface area contributed by atoms with Gasteiger partial charge in [0.1, 0.15) is 0 Å². The van der Waals surface area contributed by atoms with Gasteiger partial charge in [0, 0.05) is 19.5 Å². The lowest BCUT2D eigenvalue weighted by atomic mass is 10.2. The molecule has 1 fully saturated rings. The second-order valence-electron chi connectivity index (χ2n) is 5.02. The van der Waals surface area contributed by atoms with Gasteiger partial charge in [-0.2, -0.15) is 0 Å². The molecule has 0 spiro atoms. The average Bonchev–Trinajstić information content (AvgIpc) is 2.95. The molecule has 1 aliphatic rings. The summed E-state index contributed by atoms with van der Waals surface area (Å²) in [6, 6.07) is 3.32. The summed E-state index contributed by atoms with van der Waals surface area (Å²) in [5.74, 6) is -0.00981. The van der Waals surface area contributed by atoms with Crippen LogP contribution in [0.2, 0.25) is 0 Å². The lowest BCUT2D eigenvalue weighted by molar-refractivity contribution is -0.143. The molecule has 1 aromatic rings. The van der Waals surface area contributed by atoms with Crippen LogP contribution in [0.1, 0.15) is 30.8 Å². The predicted molar refractivity (Wildman–Crippen MR) is 72.2 cm³/mol. The third-order valence-corrected chi connectivity index (χ3v) is 3.30. The Balaban J connectivity index is 1.76. The largest absolute Gasteiger partial charge is 0.459 e. The third kappa shape index (κ3) is 3.60. The summed E-state index contributed by atoms with van der Waals surface area (Å²) in [6.07, 6.45) is 1.79. The van der Waals surface area contributed by atoms with Crippen LogP contribution in [0.25, 0.3) is 0 Å². The van der Waals surface area contributed by atoms with Crippen LogP contribution in [0.3, 0.4) is 0 Å². The molecule has 20 heavy (non-hydrogen) atoms. The average molecular weight is 280 g/mol. The van der Waals surface area contributed by atoms with E-state index in [4.69, 9.17) is 9.15 Å². The van der Waals surface area contributed by atoms with Crippen molar-refractivity contribution in [1.29, 1.82) is 0 Å². The predicted octanol–water partition coefficient (Wildman–Crippen LogP) is 1.04. The SMILES string of the molecule is CC1CN(C(=O)CCNC(=O)c2ccco2)C(C)CO1. The Morgan fingerprint density at radius 1 is 1.45 bits per heavy atom. The standard InChI is InChI=1S/C14H20N2O4/c1-10-9-20-11(2)8-16(10)13(17)5-6-15-14(18)12-4-3-7-19-12/h3-4,7,10-11H,5-6,8-9H2,1-2H3,(H,15,18). The van der Waals surface area contributed by atoms with E-state index in [1.54, 1.807) is 12.1 Å². The molecule has 1 N–H and O–H groups in total. The molecule has 2 atom stereocenters. The Labute approximate surface area is 118 Å². The van der Waals surface area contributed by atoms with Gasteiger partial charge in [-0.25, -0.2) is 0 Å². The molecule has 110 valence electrons. The van der Waals surface area contributed by atoms with Crippen LogP contribution in [0.4, 0.5) is 0 Å². The molecular formula is C14H20N2O4. The van der Waals surface area contributed by atoms with Crippen LogP contribution in [0.15, 0.2) is 22.8 Å². The Hall–Kier alpha value is -1.82. The van der Waals surface area contributed by atoms with Gasteiger partial charge < -0.3 is 19.4 Å². The molecule has 2 unspecified atom stereocenters. The van der Waals surface area contributed by atoms with E-state index in [9.17, 15) is 9.59 Å². The van der Waals surface area contributed by atoms with Crippen LogP contribution in [-0.4, -0.2) is 48.6 Å². The topological polar surface area (TPSA) is 71.8 Å². The van der Waals surface area contributed by atoms with E-state index in [0.29, 0.717) is 19.7 Å². The van der Waals surface area contributed by atoms with Crippen molar-refractivity contribution in [1.82, 2.24) is 10.2 Å². The highest BCUT2D eigenvalue weighted by Gasteiger charge is 2.27. The van der Waals surface area contributed by atoms with Crippen molar-refractivity contribution in [2.45, 2.75) is 32.4 Å². The van der Waals surface area contributed by atoms with E-state index >= 15 is 0 Å². The molecule has 0 aromatic carbocycles. The summed E-state index contributed by atoms with van der Waals surface area (Å²) in [4.78, 5) is 25.6. The molecule has 2 rings (SSSR count). The zero-order chi connectivity index (χ0) is 14.5. The lowest BCUT2D eigenvalue weighted by Gasteiger charge is -2.36. The molecule has 0 bridgehead atoms. The zero-order valence-electron chi connectivity index (χ0n) is 11.8. The minimum absolute atomic E-state index is 0.0346. The van der Waals surface area contributed by atoms with Crippen molar-refractivity contribution in [3.8, 4) is 0 Å². The molecule has 2 amide bonds. The number of hydrogen-bond acceptors (Lipinski definition) is 4. The van der Waals surface area contributed by atoms with Gasteiger partial charge in [-0.05, 0) is 26.0 Å². The maximum Gasteiger partial charge on any atom is 0.286 e. The highest BCUT2D eigenvalue weighted by molar-refractivity contribution is 5.91. The minimum atomic E-state index is -0.300. The number of amides is 2. The van der Waals surface area contributed by atoms with Crippen LogP contribution in [-0.2, 0) is 9.53 Å². The molecule has 0 aliphatic carbocycles. The number of nitrogens with zero attached hydrogens (tertiary/aromatic N) is 1. The van der Waals surface area contributed by atoms with Crippen molar-refractivity contribution in [2.24, 2.45) is 0 Å². The first-order valence-corrected chi connectivity index (χ1v) is 6.80. The second kappa shape index (κ2) is 6.56. The first-order chi connectivity index (χ1) is 9.58. The third-order valence-electron chi connectivity index (χ3n) is 3.30. The Kier molecular flexibility index (Phi) is 4.79. The zero-order valence-corrected chi connectivity index (χ0v) is 11.8. The van der Waals surface area contributed by atoms with E-state index in [1.165, 1.54) is 6.26 Å². The summed E-state index contributed by atoms with van der Waals surface area (Å²) < 4.78 is 10.5. The van der Waals surface area contributed by atoms with Crippen molar-refractivity contribution in [3.63, 3.8) is 0 Å². The van der Waals surface area contributed by atoms with Gasteiger partial charge in [-0.15, -0.1) is 0 Å². The Morgan fingerprint density at radius 3 is 2.95 bits per heavy atom. The van der Waals surface area contributed by atoms with E-state index < -0.39 is 0 Å². The maximum absolute atomic E-state index is 12.1. The Morgan fingerprint density at radius 2 is 2.25 bits per heavy atom. The summed E-state index contributed by atoms with van der Waals surface area (Å²) in [6.45, 7) is 5.38. The Bertz CT molecular complexity index is 458. The van der Waals surface area contributed by atoms with Gasteiger partial charge in [0.15, 0.2) is 5.76 Å². The number of nitrogens with one attached hydrogen (secondary N) is 1. The summed E-state index contributed by atoms with van der Waals surface area (Å²) in [7, 11) is 0. The molecule has 1 aromatic heterocycles. The van der Waals surface area contributed by atoms with Gasteiger partial charge in [0.25, 0.3) is 5.91 Å². The fraction of sp³-hybridized carbons (Fsp3) is 0.571. The molecule has 2 heterocycles. The van der Waals surface area contributed by atoms with E-state index in [-0.39, 0.29) is 36.1 Å². The van der Waals surface area contributed by atoms with Crippen LogP contribution in [0, 0.1) is 0 Å². The van der Waals surface area contributed by atoms with E-state index in [0.717, 1.165) is 0 Å².